The Morgan fingerprint density at radius 2 is 2.12 bits per heavy atom. The van der Waals surface area contributed by atoms with Crippen molar-refractivity contribution in [3.63, 3.8) is 0 Å². The third-order valence-corrected chi connectivity index (χ3v) is 4.57. The lowest BCUT2D eigenvalue weighted by Gasteiger charge is -1.96. The summed E-state index contributed by atoms with van der Waals surface area (Å²) in [4.78, 5) is 28.6. The smallest absolute Gasteiger partial charge is 0.270 e. The van der Waals surface area contributed by atoms with Crippen LogP contribution < -0.4 is 5.32 Å². The van der Waals surface area contributed by atoms with Gasteiger partial charge in [-0.15, -0.1) is 11.3 Å². The maximum absolute atomic E-state index is 11.8. The van der Waals surface area contributed by atoms with Crippen LogP contribution in [-0.4, -0.2) is 32.4 Å². The first kappa shape index (κ1) is 14.8. The molecule has 1 amide bonds. The van der Waals surface area contributed by atoms with Crippen LogP contribution in [0.3, 0.4) is 0 Å². The van der Waals surface area contributed by atoms with Crippen LogP contribution in [0.1, 0.15) is 28.2 Å². The monoisotopic (exact) mass is 337 g/mol. The molecule has 0 bridgehead atoms. The molecule has 1 aromatic carbocycles. The molecule has 4 rings (SSSR count). The molecule has 0 aliphatic heterocycles. The van der Waals surface area contributed by atoms with Crippen molar-refractivity contribution in [2.75, 3.05) is 6.54 Å². The van der Waals surface area contributed by atoms with Gasteiger partial charge in [-0.25, -0.2) is 9.97 Å². The van der Waals surface area contributed by atoms with Crippen LogP contribution >= 0.6 is 11.3 Å². The summed E-state index contributed by atoms with van der Waals surface area (Å²) in [5.41, 5.74) is 3.22. The number of H-pyrrole nitrogens is 1. The number of rotatable bonds is 4. The quantitative estimate of drug-likeness (QED) is 0.600. The summed E-state index contributed by atoms with van der Waals surface area (Å²) in [5.74, 6) is 0.680. The minimum atomic E-state index is -0.139. The van der Waals surface area contributed by atoms with Gasteiger partial charge in [0.1, 0.15) is 22.0 Å². The van der Waals surface area contributed by atoms with Crippen LogP contribution in [0.2, 0.25) is 0 Å². The van der Waals surface area contributed by atoms with Crippen LogP contribution in [0.5, 0.6) is 0 Å². The minimum Gasteiger partial charge on any atom is -0.351 e. The Morgan fingerprint density at radius 3 is 3.00 bits per heavy atom. The van der Waals surface area contributed by atoms with Crippen LogP contribution in [0.4, 0.5) is 0 Å². The molecule has 0 saturated carbocycles. The third kappa shape index (κ3) is 2.63. The fourth-order valence-corrected chi connectivity index (χ4v) is 3.42. The molecule has 0 radical (unpaired) electrons. The molecule has 0 atom stereocenters. The molecule has 3 aromatic heterocycles. The number of carbonyl (C=O) groups is 1. The second kappa shape index (κ2) is 6.01. The molecular formula is C17H15N5OS. The van der Waals surface area contributed by atoms with E-state index in [1.54, 1.807) is 11.6 Å². The molecule has 7 heteroatoms. The highest BCUT2D eigenvalue weighted by atomic mass is 32.1. The molecule has 24 heavy (non-hydrogen) atoms. The third-order valence-electron chi connectivity index (χ3n) is 3.72. The van der Waals surface area contributed by atoms with Crippen LogP contribution in [0, 0.1) is 0 Å². The van der Waals surface area contributed by atoms with E-state index in [9.17, 15) is 4.79 Å². The molecule has 0 aliphatic rings. The van der Waals surface area contributed by atoms with E-state index in [4.69, 9.17) is 0 Å². The van der Waals surface area contributed by atoms with E-state index < -0.39 is 0 Å². The standard InChI is InChI=1S/C17H15N5OS/c1-2-18-17(23)13-9-24-15(21-13)7-14-20-12-8-19-11-6-4-3-5-10(11)16(12)22-14/h3-6,8-9H,2,7H2,1H3,(H,18,23)(H,20,22). The molecule has 6 nitrogen and oxygen atoms in total. The van der Waals surface area contributed by atoms with Gasteiger partial charge >= 0.3 is 0 Å². The minimum absolute atomic E-state index is 0.139. The fraction of sp³-hybridized carbons (Fsp3) is 0.176. The van der Waals surface area contributed by atoms with Gasteiger partial charge in [-0.05, 0) is 13.0 Å². The number of hydrogen-bond donors (Lipinski definition) is 2. The van der Waals surface area contributed by atoms with Crippen molar-refractivity contribution in [1.82, 2.24) is 25.3 Å². The first-order valence-electron chi connectivity index (χ1n) is 7.69. The van der Waals surface area contributed by atoms with Crippen LogP contribution in [-0.2, 0) is 6.42 Å². The first-order chi connectivity index (χ1) is 11.7. The van der Waals surface area contributed by atoms with Crippen molar-refractivity contribution in [2.24, 2.45) is 0 Å². The Labute approximate surface area is 142 Å². The average Bonchev–Trinajstić information content (AvgIpc) is 3.22. The maximum atomic E-state index is 11.8. The number of para-hydroxylation sites is 1. The predicted molar refractivity (Wildman–Crippen MR) is 94.3 cm³/mol. The number of aromatic amines is 1. The lowest BCUT2D eigenvalue weighted by molar-refractivity contribution is 0.0951. The molecule has 2 N–H and O–H groups in total. The van der Waals surface area contributed by atoms with Gasteiger partial charge in [-0.1, -0.05) is 18.2 Å². The molecule has 0 spiro atoms. The molecule has 0 saturated heterocycles. The van der Waals surface area contributed by atoms with Crippen molar-refractivity contribution in [1.29, 1.82) is 0 Å². The molecule has 3 heterocycles. The highest BCUT2D eigenvalue weighted by Gasteiger charge is 2.12. The van der Waals surface area contributed by atoms with Crippen molar-refractivity contribution in [3.05, 3.63) is 52.4 Å². The van der Waals surface area contributed by atoms with Crippen molar-refractivity contribution in [2.45, 2.75) is 13.3 Å². The second-order valence-electron chi connectivity index (χ2n) is 5.38. The number of nitrogens with one attached hydrogen (secondary N) is 2. The van der Waals surface area contributed by atoms with Gasteiger partial charge < -0.3 is 10.3 Å². The summed E-state index contributed by atoms with van der Waals surface area (Å²) in [7, 11) is 0. The number of nitrogens with zero attached hydrogens (tertiary/aromatic N) is 3. The predicted octanol–water partition coefficient (Wildman–Crippen LogP) is 2.91. The SMILES string of the molecule is CCNC(=O)c1csc(Cc2nc3cnc4ccccc4c3[nH]2)n1. The van der Waals surface area contributed by atoms with E-state index in [1.165, 1.54) is 11.3 Å². The van der Waals surface area contributed by atoms with E-state index >= 15 is 0 Å². The molecule has 0 aliphatic carbocycles. The number of amides is 1. The van der Waals surface area contributed by atoms with Crippen molar-refractivity contribution in [3.8, 4) is 0 Å². The molecule has 0 unspecified atom stereocenters. The zero-order valence-electron chi connectivity index (χ0n) is 13.0. The summed E-state index contributed by atoms with van der Waals surface area (Å²) >= 11 is 1.46. The van der Waals surface area contributed by atoms with Gasteiger partial charge in [0.25, 0.3) is 5.91 Å². The van der Waals surface area contributed by atoms with Gasteiger partial charge in [-0.3, -0.25) is 9.78 Å². The highest BCUT2D eigenvalue weighted by molar-refractivity contribution is 7.09. The summed E-state index contributed by atoms with van der Waals surface area (Å²) in [6.07, 6.45) is 2.34. The van der Waals surface area contributed by atoms with Gasteiger partial charge in [0, 0.05) is 17.3 Å². The van der Waals surface area contributed by atoms with Gasteiger partial charge in [0.05, 0.1) is 23.7 Å². The van der Waals surface area contributed by atoms with Crippen molar-refractivity contribution < 1.29 is 4.79 Å². The zero-order chi connectivity index (χ0) is 16.5. The van der Waals surface area contributed by atoms with Gasteiger partial charge in [0.15, 0.2) is 0 Å². The fourth-order valence-electron chi connectivity index (χ4n) is 2.64. The van der Waals surface area contributed by atoms with E-state index in [2.05, 4.69) is 25.3 Å². The van der Waals surface area contributed by atoms with Crippen LogP contribution in [0.25, 0.3) is 21.9 Å². The molecule has 0 fully saturated rings. The Kier molecular flexibility index (Phi) is 3.70. The Balaban J connectivity index is 1.65. The lowest BCUT2D eigenvalue weighted by Crippen LogP contribution is -2.22. The summed E-state index contributed by atoms with van der Waals surface area (Å²) in [6, 6.07) is 7.97. The zero-order valence-corrected chi connectivity index (χ0v) is 13.9. The molecule has 120 valence electrons. The van der Waals surface area contributed by atoms with E-state index in [-0.39, 0.29) is 5.91 Å². The number of carbonyl (C=O) groups excluding carboxylic acids is 1. The normalized spacial score (nSPS) is 11.2. The lowest BCUT2D eigenvalue weighted by atomic mass is 10.2. The van der Waals surface area contributed by atoms with Crippen LogP contribution in [0.15, 0.2) is 35.8 Å². The largest absolute Gasteiger partial charge is 0.351 e. The summed E-state index contributed by atoms with van der Waals surface area (Å²) in [6.45, 7) is 2.48. The number of benzene rings is 1. The summed E-state index contributed by atoms with van der Waals surface area (Å²) in [5, 5.41) is 6.44. The maximum Gasteiger partial charge on any atom is 0.270 e. The molecule has 4 aromatic rings. The highest BCUT2D eigenvalue weighted by Crippen LogP contribution is 2.22. The number of thiazole rings is 1. The average molecular weight is 337 g/mol. The Hall–Kier alpha value is -2.80. The van der Waals surface area contributed by atoms with E-state index in [1.807, 2.05) is 31.2 Å². The molecular weight excluding hydrogens is 322 g/mol. The number of fused-ring (bicyclic) bond motifs is 3. The number of aromatic nitrogens is 4. The first-order valence-corrected chi connectivity index (χ1v) is 8.57. The van der Waals surface area contributed by atoms with Crippen molar-refractivity contribution >= 4 is 39.2 Å². The Bertz CT molecular complexity index is 1040. The Morgan fingerprint density at radius 1 is 1.25 bits per heavy atom. The van der Waals surface area contributed by atoms with Gasteiger partial charge in [-0.2, -0.15) is 0 Å². The number of imidazole rings is 1. The topological polar surface area (TPSA) is 83.6 Å². The number of pyridine rings is 1. The van der Waals surface area contributed by atoms with E-state index in [0.717, 1.165) is 32.8 Å². The van der Waals surface area contributed by atoms with E-state index in [0.29, 0.717) is 18.7 Å². The van der Waals surface area contributed by atoms with Gasteiger partial charge in [0.2, 0.25) is 0 Å². The number of hydrogen-bond acceptors (Lipinski definition) is 5. The summed E-state index contributed by atoms with van der Waals surface area (Å²) < 4.78 is 0. The second-order valence-corrected chi connectivity index (χ2v) is 6.32.